The lowest BCUT2D eigenvalue weighted by atomic mass is 10.1. The summed E-state index contributed by atoms with van der Waals surface area (Å²) in [5, 5.41) is 13.8. The first-order valence-corrected chi connectivity index (χ1v) is 11.6. The molecule has 1 heterocycles. The van der Waals surface area contributed by atoms with Gasteiger partial charge in [0.05, 0.1) is 10.9 Å². The van der Waals surface area contributed by atoms with Crippen molar-refractivity contribution in [1.82, 2.24) is 5.32 Å². The molecular weight excluding hydrogens is 430 g/mol. The number of para-hydroxylation sites is 1. The normalized spacial score (nSPS) is 16.1. The Balaban J connectivity index is 1.99. The molecule has 0 spiro atoms. The molecule has 9 heteroatoms. The average Bonchev–Trinajstić information content (AvgIpc) is 3.46. The van der Waals surface area contributed by atoms with E-state index in [0.29, 0.717) is 24.0 Å². The summed E-state index contributed by atoms with van der Waals surface area (Å²) < 4.78 is 45.4. The van der Waals surface area contributed by atoms with E-state index in [1.165, 1.54) is 11.7 Å². The molecule has 0 aliphatic heterocycles. The highest BCUT2D eigenvalue weighted by Gasteiger charge is 2.38. The summed E-state index contributed by atoms with van der Waals surface area (Å²) in [6.45, 7) is 0.681. The molecule has 0 saturated heterocycles. The molecule has 3 rings (SSSR count). The number of hydrogen-bond acceptors (Lipinski definition) is 5. The summed E-state index contributed by atoms with van der Waals surface area (Å²) in [6, 6.07) is 9.76. The lowest BCUT2D eigenvalue weighted by Crippen LogP contribution is -2.34. The van der Waals surface area contributed by atoms with Crippen LogP contribution in [0.3, 0.4) is 0 Å². The smallest absolute Gasteiger partial charge is 0.280 e. The van der Waals surface area contributed by atoms with Crippen LogP contribution in [0.1, 0.15) is 39.9 Å². The number of carbonyl (C=O) groups is 1. The van der Waals surface area contributed by atoms with Crippen molar-refractivity contribution in [3.63, 3.8) is 0 Å². The van der Waals surface area contributed by atoms with Crippen LogP contribution >= 0.6 is 11.3 Å². The summed E-state index contributed by atoms with van der Waals surface area (Å²) in [5.41, 5.74) is -0.352. The molecule has 0 radical (unpaired) electrons. The van der Waals surface area contributed by atoms with Gasteiger partial charge in [-0.2, -0.15) is 5.26 Å². The van der Waals surface area contributed by atoms with Crippen molar-refractivity contribution in [2.45, 2.75) is 31.7 Å². The molecule has 5 nitrogen and oxygen atoms in total. The predicted molar refractivity (Wildman–Crippen MR) is 112 cm³/mol. The zero-order valence-corrected chi connectivity index (χ0v) is 18.0. The van der Waals surface area contributed by atoms with E-state index in [4.69, 9.17) is 4.74 Å². The van der Waals surface area contributed by atoms with Gasteiger partial charge in [-0.15, -0.1) is 11.3 Å². The van der Waals surface area contributed by atoms with Crippen molar-refractivity contribution in [2.75, 3.05) is 6.26 Å². The van der Waals surface area contributed by atoms with Gasteiger partial charge in [0.25, 0.3) is 11.8 Å². The molecule has 1 aliphatic rings. The van der Waals surface area contributed by atoms with E-state index in [9.17, 15) is 23.0 Å². The van der Waals surface area contributed by atoms with E-state index in [0.717, 1.165) is 12.8 Å². The summed E-state index contributed by atoms with van der Waals surface area (Å²) in [4.78, 5) is 12.4. The lowest BCUT2D eigenvalue weighted by Gasteiger charge is -2.14. The zero-order chi connectivity index (χ0) is 21.9. The fraction of sp³-hybridized carbons (Fsp3) is 0.333. The van der Waals surface area contributed by atoms with Gasteiger partial charge in [0.15, 0.2) is 5.75 Å². The van der Waals surface area contributed by atoms with E-state index in [2.05, 4.69) is 5.32 Å². The van der Waals surface area contributed by atoms with Crippen LogP contribution in [0.2, 0.25) is 0 Å². The van der Waals surface area contributed by atoms with Gasteiger partial charge in [0.1, 0.15) is 22.3 Å². The molecule has 2 aromatic rings. The minimum Gasteiger partial charge on any atom is -0.454 e. The summed E-state index contributed by atoms with van der Waals surface area (Å²) in [7, 11) is -1.17. The number of carbonyl (C=O) groups excluding carboxylic acids is 1. The SMILES string of the molecule is CS(=O)/C=C/C(NC(=O)c1sc(C(C)(F)F)c(C#N)c1Oc1ccccc1)C1CC1. The molecule has 1 N–H and O–H groups in total. The van der Waals surface area contributed by atoms with Crippen molar-refractivity contribution in [3.05, 3.63) is 57.1 Å². The van der Waals surface area contributed by atoms with Gasteiger partial charge in [-0.25, -0.2) is 8.78 Å². The van der Waals surface area contributed by atoms with Crippen molar-refractivity contribution in [3.8, 4) is 17.6 Å². The monoisotopic (exact) mass is 450 g/mol. The van der Waals surface area contributed by atoms with Crippen LogP contribution in [0.4, 0.5) is 8.78 Å². The maximum atomic E-state index is 14.1. The highest BCUT2D eigenvalue weighted by atomic mass is 32.2. The Labute approximate surface area is 179 Å². The number of benzene rings is 1. The van der Waals surface area contributed by atoms with E-state index < -0.39 is 27.5 Å². The first kappa shape index (κ1) is 22.1. The van der Waals surface area contributed by atoms with Gasteiger partial charge in [-0.05, 0) is 30.9 Å². The molecular formula is C21H20F2N2O3S2. The molecule has 1 aromatic carbocycles. The number of alkyl halides is 2. The molecule has 30 heavy (non-hydrogen) atoms. The number of nitrogens with one attached hydrogen (secondary N) is 1. The highest BCUT2D eigenvalue weighted by molar-refractivity contribution is 7.87. The fourth-order valence-electron chi connectivity index (χ4n) is 2.87. The Morgan fingerprint density at radius 2 is 2.07 bits per heavy atom. The second-order valence-corrected chi connectivity index (χ2v) is 9.33. The molecule has 2 atom stereocenters. The number of rotatable bonds is 8. The van der Waals surface area contributed by atoms with Gasteiger partial charge in [-0.3, -0.25) is 9.00 Å². The van der Waals surface area contributed by atoms with Crippen LogP contribution in [0, 0.1) is 17.2 Å². The molecule has 1 aliphatic carbocycles. The molecule has 158 valence electrons. The Hall–Kier alpha value is -2.57. The van der Waals surface area contributed by atoms with Crippen LogP contribution in [0.25, 0.3) is 0 Å². The number of ether oxygens (including phenoxy) is 1. The number of nitrogens with zero attached hydrogens (tertiary/aromatic N) is 1. The summed E-state index contributed by atoms with van der Waals surface area (Å²) >= 11 is 0.550. The third kappa shape index (κ3) is 5.32. The average molecular weight is 451 g/mol. The Morgan fingerprint density at radius 1 is 1.40 bits per heavy atom. The number of thiophene rings is 1. The Kier molecular flexibility index (Phi) is 6.68. The lowest BCUT2D eigenvalue weighted by molar-refractivity contribution is 0.0211. The van der Waals surface area contributed by atoms with Gasteiger partial charge in [0, 0.05) is 29.4 Å². The summed E-state index contributed by atoms with van der Waals surface area (Å²) in [6.07, 6.45) is 5.00. The second-order valence-electron chi connectivity index (χ2n) is 7.04. The Morgan fingerprint density at radius 3 is 2.60 bits per heavy atom. The van der Waals surface area contributed by atoms with Crippen molar-refractivity contribution >= 4 is 28.0 Å². The highest BCUT2D eigenvalue weighted by Crippen LogP contribution is 2.45. The number of halogens is 2. The van der Waals surface area contributed by atoms with E-state index in [-0.39, 0.29) is 28.1 Å². The predicted octanol–water partition coefficient (Wildman–Crippen LogP) is 4.92. The van der Waals surface area contributed by atoms with Crippen LogP contribution in [-0.2, 0) is 16.7 Å². The number of hydrogen-bond donors (Lipinski definition) is 1. The van der Waals surface area contributed by atoms with Crippen LogP contribution in [0.15, 0.2) is 41.8 Å². The second kappa shape index (κ2) is 9.06. The third-order valence-electron chi connectivity index (χ3n) is 4.45. The quantitative estimate of drug-likeness (QED) is 0.619. The van der Waals surface area contributed by atoms with Crippen LogP contribution in [-0.4, -0.2) is 22.4 Å². The molecule has 1 saturated carbocycles. The summed E-state index contributed by atoms with van der Waals surface area (Å²) in [5.74, 6) is -3.57. The number of amides is 1. The largest absolute Gasteiger partial charge is 0.454 e. The van der Waals surface area contributed by atoms with Gasteiger partial charge >= 0.3 is 0 Å². The van der Waals surface area contributed by atoms with Gasteiger partial charge in [0.2, 0.25) is 0 Å². The fourth-order valence-corrected chi connectivity index (χ4v) is 4.27. The van der Waals surface area contributed by atoms with E-state index in [1.807, 2.05) is 0 Å². The Bertz CT molecular complexity index is 1020. The number of nitriles is 1. The molecule has 2 unspecified atom stereocenters. The van der Waals surface area contributed by atoms with Gasteiger partial charge in [-0.1, -0.05) is 24.3 Å². The molecule has 0 bridgehead atoms. The minimum atomic E-state index is -3.31. The standard InChI is InChI=1S/C21H20F2N2O3S2/c1-21(22,23)19-15(12-24)17(28-14-6-4-3-5-7-14)18(29-19)20(26)25-16(13-8-9-13)10-11-30(2)27/h3-7,10-11,13,16H,8-9H2,1-2H3,(H,25,26)/b11-10+. The van der Waals surface area contributed by atoms with Crippen molar-refractivity contribution < 1.29 is 22.5 Å². The topological polar surface area (TPSA) is 79.2 Å². The molecule has 1 amide bonds. The van der Waals surface area contributed by atoms with Crippen LogP contribution < -0.4 is 10.1 Å². The van der Waals surface area contributed by atoms with Gasteiger partial charge < -0.3 is 10.1 Å². The third-order valence-corrected chi connectivity index (χ3v) is 6.33. The molecule has 1 fully saturated rings. The maximum Gasteiger partial charge on any atom is 0.280 e. The first-order valence-electron chi connectivity index (χ1n) is 9.20. The maximum absolute atomic E-state index is 14.1. The van der Waals surface area contributed by atoms with E-state index >= 15 is 0 Å². The minimum absolute atomic E-state index is 0.0939. The van der Waals surface area contributed by atoms with E-state index in [1.54, 1.807) is 42.5 Å². The van der Waals surface area contributed by atoms with Crippen molar-refractivity contribution in [1.29, 1.82) is 5.26 Å². The zero-order valence-electron chi connectivity index (χ0n) is 16.4. The first-order chi connectivity index (χ1) is 14.2. The van der Waals surface area contributed by atoms with Crippen molar-refractivity contribution in [2.24, 2.45) is 5.92 Å². The molecule has 1 aromatic heterocycles. The van der Waals surface area contributed by atoms with Crippen LogP contribution in [0.5, 0.6) is 11.5 Å².